The fourth-order valence-electron chi connectivity index (χ4n) is 3.08. The van der Waals surface area contributed by atoms with E-state index in [0.717, 1.165) is 5.92 Å². The molecule has 0 aromatic heterocycles. The largest absolute Gasteiger partial charge is 0.359 e. The summed E-state index contributed by atoms with van der Waals surface area (Å²) in [7, 11) is 0. The highest BCUT2D eigenvalue weighted by atomic mass is 35.5. The van der Waals surface area contributed by atoms with Crippen molar-refractivity contribution in [1.82, 2.24) is 4.90 Å². The van der Waals surface area contributed by atoms with Crippen LogP contribution in [0.4, 0.5) is 0 Å². The molecule has 4 rings (SSSR count). The minimum atomic E-state index is 0. The van der Waals surface area contributed by atoms with Crippen LogP contribution in [-0.2, 0) is 4.74 Å². The van der Waals surface area contributed by atoms with Crippen molar-refractivity contribution in [1.29, 1.82) is 0 Å². The Hall–Kier alpha value is 0.560. The second kappa shape index (κ2) is 3.85. The Morgan fingerprint density at radius 1 is 1.36 bits per heavy atom. The molecule has 4 aliphatic rings. The Morgan fingerprint density at radius 2 is 2.07 bits per heavy atom. The average molecular weight is 236 g/mol. The van der Waals surface area contributed by atoms with Gasteiger partial charge in [0.1, 0.15) is 5.44 Å². The minimum absolute atomic E-state index is 0. The van der Waals surface area contributed by atoms with Crippen LogP contribution in [0.1, 0.15) is 19.8 Å². The predicted octanol–water partition coefficient (Wildman–Crippen LogP) is 1.98. The van der Waals surface area contributed by atoms with Gasteiger partial charge >= 0.3 is 0 Å². The molecule has 2 bridgehead atoms. The second-order valence-electron chi connectivity index (χ2n) is 4.61. The molecule has 82 valence electrons. The standard InChI is InChI=1S/C10H17NOS.ClH/c1-8-12-10(7-13-8)6-11-4-2-9(10)3-5-11;/h8-9H,2-7H2,1H3;1H/t8-,10-;/m1./s1. The molecule has 2 nitrogen and oxygen atoms in total. The molecule has 0 aromatic rings. The molecule has 1 spiro atoms. The summed E-state index contributed by atoms with van der Waals surface area (Å²) in [6.45, 7) is 6.02. The molecule has 0 radical (unpaired) electrons. The van der Waals surface area contributed by atoms with E-state index in [1.807, 2.05) is 11.8 Å². The molecule has 4 heteroatoms. The number of nitrogens with zero attached hydrogens (tertiary/aromatic N) is 1. The highest BCUT2D eigenvalue weighted by Crippen LogP contribution is 2.46. The third kappa shape index (κ3) is 1.58. The molecular formula is C10H18ClNOS. The van der Waals surface area contributed by atoms with Gasteiger partial charge in [-0.15, -0.1) is 24.2 Å². The summed E-state index contributed by atoms with van der Waals surface area (Å²) in [6, 6.07) is 0. The van der Waals surface area contributed by atoms with Crippen molar-refractivity contribution in [3.8, 4) is 0 Å². The Balaban J connectivity index is 0.000000750. The number of hydrogen-bond acceptors (Lipinski definition) is 3. The summed E-state index contributed by atoms with van der Waals surface area (Å²) in [5, 5.41) is 0. The predicted molar refractivity (Wildman–Crippen MR) is 62.1 cm³/mol. The molecular weight excluding hydrogens is 218 g/mol. The van der Waals surface area contributed by atoms with Crippen LogP contribution in [0, 0.1) is 5.92 Å². The van der Waals surface area contributed by atoms with E-state index in [1.54, 1.807) is 0 Å². The Labute approximate surface area is 96.2 Å². The maximum Gasteiger partial charge on any atom is 0.101 e. The van der Waals surface area contributed by atoms with Gasteiger partial charge in [0.2, 0.25) is 0 Å². The average Bonchev–Trinajstić information content (AvgIpc) is 2.49. The maximum absolute atomic E-state index is 6.14. The highest BCUT2D eigenvalue weighted by Gasteiger charge is 2.51. The number of hydrogen-bond donors (Lipinski definition) is 0. The topological polar surface area (TPSA) is 12.5 Å². The smallest absolute Gasteiger partial charge is 0.101 e. The van der Waals surface area contributed by atoms with Gasteiger partial charge in [-0.05, 0) is 38.8 Å². The molecule has 4 fully saturated rings. The van der Waals surface area contributed by atoms with Gasteiger partial charge in [-0.25, -0.2) is 0 Å². The molecule has 4 aliphatic heterocycles. The van der Waals surface area contributed by atoms with Crippen LogP contribution in [0.3, 0.4) is 0 Å². The molecule has 2 atom stereocenters. The summed E-state index contributed by atoms with van der Waals surface area (Å²) >= 11 is 1.99. The fourth-order valence-corrected chi connectivity index (χ4v) is 4.25. The van der Waals surface area contributed by atoms with Crippen LogP contribution < -0.4 is 0 Å². The SMILES string of the molecule is C[C@@H]1O[C@@]2(CS1)CN1CCC2CC1.Cl. The van der Waals surface area contributed by atoms with Gasteiger partial charge in [-0.3, -0.25) is 0 Å². The summed E-state index contributed by atoms with van der Waals surface area (Å²) in [6.07, 6.45) is 2.74. The normalized spacial score (nSPS) is 50.8. The number of fused-ring (bicyclic) bond motifs is 2. The molecule has 4 heterocycles. The quantitative estimate of drug-likeness (QED) is 0.637. The van der Waals surface area contributed by atoms with E-state index in [4.69, 9.17) is 4.74 Å². The summed E-state index contributed by atoms with van der Waals surface area (Å²) in [5.74, 6) is 2.09. The molecule has 0 aliphatic carbocycles. The Kier molecular flexibility index (Phi) is 3.04. The third-order valence-electron chi connectivity index (χ3n) is 3.79. The van der Waals surface area contributed by atoms with Gasteiger partial charge in [-0.2, -0.15) is 0 Å². The van der Waals surface area contributed by atoms with Crippen molar-refractivity contribution in [2.45, 2.75) is 30.8 Å². The van der Waals surface area contributed by atoms with Crippen molar-refractivity contribution in [2.24, 2.45) is 5.92 Å². The van der Waals surface area contributed by atoms with Crippen molar-refractivity contribution >= 4 is 24.2 Å². The van der Waals surface area contributed by atoms with Crippen molar-refractivity contribution in [3.63, 3.8) is 0 Å². The molecule has 0 saturated carbocycles. The molecule has 0 unspecified atom stereocenters. The first-order valence-electron chi connectivity index (χ1n) is 5.30. The van der Waals surface area contributed by atoms with E-state index < -0.39 is 0 Å². The Morgan fingerprint density at radius 3 is 2.50 bits per heavy atom. The lowest BCUT2D eigenvalue weighted by atomic mass is 9.76. The van der Waals surface area contributed by atoms with Gasteiger partial charge in [0.15, 0.2) is 0 Å². The van der Waals surface area contributed by atoms with Crippen molar-refractivity contribution < 1.29 is 4.74 Å². The highest BCUT2D eigenvalue weighted by molar-refractivity contribution is 8.00. The monoisotopic (exact) mass is 235 g/mol. The van der Waals surface area contributed by atoms with Gasteiger partial charge in [0.25, 0.3) is 0 Å². The number of thioether (sulfide) groups is 1. The first kappa shape index (κ1) is 11.1. The van der Waals surface area contributed by atoms with Crippen LogP contribution in [0.2, 0.25) is 0 Å². The third-order valence-corrected chi connectivity index (χ3v) is 5.01. The number of piperidine rings is 3. The lowest BCUT2D eigenvalue weighted by Crippen LogP contribution is -2.60. The van der Waals surface area contributed by atoms with Crippen LogP contribution in [-0.4, -0.2) is 41.3 Å². The lowest BCUT2D eigenvalue weighted by Gasteiger charge is -2.50. The molecule has 0 amide bonds. The zero-order valence-electron chi connectivity index (χ0n) is 8.57. The second-order valence-corrected chi connectivity index (χ2v) is 5.90. The minimum Gasteiger partial charge on any atom is -0.359 e. The van der Waals surface area contributed by atoms with E-state index in [2.05, 4.69) is 11.8 Å². The first-order chi connectivity index (χ1) is 6.28. The molecule has 4 saturated heterocycles. The van der Waals surface area contributed by atoms with Crippen molar-refractivity contribution in [3.05, 3.63) is 0 Å². The molecule has 14 heavy (non-hydrogen) atoms. The van der Waals surface area contributed by atoms with E-state index >= 15 is 0 Å². The van der Waals surface area contributed by atoms with Crippen molar-refractivity contribution in [2.75, 3.05) is 25.4 Å². The lowest BCUT2D eigenvalue weighted by molar-refractivity contribution is -0.133. The van der Waals surface area contributed by atoms with E-state index in [-0.39, 0.29) is 18.0 Å². The van der Waals surface area contributed by atoms with E-state index in [9.17, 15) is 0 Å². The van der Waals surface area contributed by atoms with Crippen LogP contribution in [0.5, 0.6) is 0 Å². The van der Waals surface area contributed by atoms with Gasteiger partial charge < -0.3 is 9.64 Å². The number of ether oxygens (including phenoxy) is 1. The fraction of sp³-hybridized carbons (Fsp3) is 1.00. The maximum atomic E-state index is 6.14. The van der Waals surface area contributed by atoms with Gasteiger partial charge in [0.05, 0.1) is 5.60 Å². The number of rotatable bonds is 0. The first-order valence-corrected chi connectivity index (χ1v) is 6.35. The number of halogens is 1. The summed E-state index contributed by atoms with van der Waals surface area (Å²) in [4.78, 5) is 2.58. The van der Waals surface area contributed by atoms with Crippen LogP contribution >= 0.6 is 24.2 Å². The van der Waals surface area contributed by atoms with E-state index in [1.165, 1.54) is 38.2 Å². The molecule has 0 aromatic carbocycles. The summed E-state index contributed by atoms with van der Waals surface area (Å²) < 4.78 is 6.14. The summed E-state index contributed by atoms with van der Waals surface area (Å²) in [5.41, 5.74) is 0.682. The van der Waals surface area contributed by atoms with E-state index in [0.29, 0.717) is 5.44 Å². The van der Waals surface area contributed by atoms with Gasteiger partial charge in [0, 0.05) is 12.3 Å². The van der Waals surface area contributed by atoms with Gasteiger partial charge in [-0.1, -0.05) is 0 Å². The Bertz CT molecular complexity index is 220. The molecule has 0 N–H and O–H groups in total. The zero-order valence-corrected chi connectivity index (χ0v) is 10.2. The van der Waals surface area contributed by atoms with Crippen LogP contribution in [0.25, 0.3) is 0 Å². The van der Waals surface area contributed by atoms with Crippen LogP contribution in [0.15, 0.2) is 0 Å². The zero-order chi connectivity index (χ0) is 8.89.